The number of benzene rings is 1. The molecular weight excluding hydrogens is 278 g/mol. The number of carbonyl (C=O) groups excluding carboxylic acids is 1. The predicted molar refractivity (Wildman–Crippen MR) is 85.1 cm³/mol. The molecule has 0 unspecified atom stereocenters. The van der Waals surface area contributed by atoms with Gasteiger partial charge in [-0.15, -0.1) is 0 Å². The Morgan fingerprint density at radius 3 is 2.55 bits per heavy atom. The van der Waals surface area contributed by atoms with E-state index in [1.54, 1.807) is 7.11 Å². The fourth-order valence-electron chi connectivity index (χ4n) is 3.80. The monoisotopic (exact) mass is 303 g/mol. The van der Waals surface area contributed by atoms with Crippen molar-refractivity contribution in [2.24, 2.45) is 11.8 Å². The number of nitrogens with zero attached hydrogens (tertiary/aromatic N) is 1. The number of hydrogen-bond donors (Lipinski definition) is 0. The topological polar surface area (TPSA) is 38.8 Å². The maximum atomic E-state index is 12.5. The molecule has 1 aliphatic carbocycles. The zero-order valence-electron chi connectivity index (χ0n) is 13.6. The fraction of sp³-hybridized carbons (Fsp3) is 0.611. The standard InChI is InChI=1S/C18H25NO3/c1-12(2)18(20)19-14-5-4-13(10-14)17(19)11-22-16-8-6-15(21-3)7-9-16/h6-9,12-14,17H,4-5,10-11H2,1-3H3/t13-,14-,17-/m1/s1. The van der Waals surface area contributed by atoms with Gasteiger partial charge in [-0.25, -0.2) is 0 Å². The molecule has 0 spiro atoms. The maximum Gasteiger partial charge on any atom is 0.225 e. The molecule has 1 aromatic rings. The predicted octanol–water partition coefficient (Wildman–Crippen LogP) is 3.11. The van der Waals surface area contributed by atoms with Crippen LogP contribution < -0.4 is 9.47 Å². The minimum atomic E-state index is 0.0582. The molecule has 1 aliphatic heterocycles. The van der Waals surface area contributed by atoms with Crippen molar-refractivity contribution in [1.82, 2.24) is 4.90 Å². The Morgan fingerprint density at radius 1 is 1.23 bits per heavy atom. The van der Waals surface area contributed by atoms with Crippen molar-refractivity contribution in [3.8, 4) is 11.5 Å². The highest BCUT2D eigenvalue weighted by Crippen LogP contribution is 2.43. The summed E-state index contributed by atoms with van der Waals surface area (Å²) >= 11 is 0. The minimum absolute atomic E-state index is 0.0582. The first-order valence-corrected chi connectivity index (χ1v) is 8.19. The smallest absolute Gasteiger partial charge is 0.225 e. The minimum Gasteiger partial charge on any atom is -0.497 e. The van der Waals surface area contributed by atoms with Crippen molar-refractivity contribution in [1.29, 1.82) is 0 Å². The maximum absolute atomic E-state index is 12.5. The molecule has 22 heavy (non-hydrogen) atoms. The molecule has 0 aromatic heterocycles. The van der Waals surface area contributed by atoms with E-state index in [0.29, 0.717) is 18.6 Å². The van der Waals surface area contributed by atoms with Gasteiger partial charge in [-0.05, 0) is 49.4 Å². The highest BCUT2D eigenvalue weighted by Gasteiger charge is 2.48. The van der Waals surface area contributed by atoms with E-state index < -0.39 is 0 Å². The zero-order valence-corrected chi connectivity index (χ0v) is 13.6. The van der Waals surface area contributed by atoms with E-state index in [1.807, 2.05) is 38.1 Å². The molecule has 2 fully saturated rings. The van der Waals surface area contributed by atoms with Crippen LogP contribution in [0.15, 0.2) is 24.3 Å². The molecule has 1 saturated carbocycles. The first kappa shape index (κ1) is 15.2. The molecule has 3 rings (SSSR count). The molecule has 2 aliphatic rings. The van der Waals surface area contributed by atoms with Crippen LogP contribution in [-0.2, 0) is 4.79 Å². The summed E-state index contributed by atoms with van der Waals surface area (Å²) in [7, 11) is 1.65. The van der Waals surface area contributed by atoms with Crippen LogP contribution in [0.1, 0.15) is 33.1 Å². The van der Waals surface area contributed by atoms with Gasteiger partial charge < -0.3 is 14.4 Å². The molecular formula is C18H25NO3. The SMILES string of the molecule is COc1ccc(OC[C@@H]2[C@@H]3CC[C@H](C3)N2C(=O)C(C)C)cc1. The van der Waals surface area contributed by atoms with Crippen molar-refractivity contribution in [3.05, 3.63) is 24.3 Å². The Labute approximate surface area is 132 Å². The number of likely N-dealkylation sites (tertiary alicyclic amines) is 1. The summed E-state index contributed by atoms with van der Waals surface area (Å²) in [4.78, 5) is 14.6. The number of piperidine rings is 1. The van der Waals surface area contributed by atoms with E-state index in [1.165, 1.54) is 6.42 Å². The summed E-state index contributed by atoms with van der Waals surface area (Å²) in [5.74, 6) is 2.59. The Balaban J connectivity index is 1.66. The summed E-state index contributed by atoms with van der Waals surface area (Å²) in [6, 6.07) is 8.29. The van der Waals surface area contributed by atoms with Crippen LogP contribution in [0.2, 0.25) is 0 Å². The van der Waals surface area contributed by atoms with Crippen molar-refractivity contribution in [2.75, 3.05) is 13.7 Å². The lowest BCUT2D eigenvalue weighted by atomic mass is 9.98. The summed E-state index contributed by atoms with van der Waals surface area (Å²) in [6.45, 7) is 4.55. The van der Waals surface area contributed by atoms with E-state index in [-0.39, 0.29) is 17.9 Å². The van der Waals surface area contributed by atoms with Gasteiger partial charge in [0.2, 0.25) is 5.91 Å². The lowest BCUT2D eigenvalue weighted by Crippen LogP contribution is -2.49. The Kier molecular flexibility index (Phi) is 4.27. The van der Waals surface area contributed by atoms with Crippen molar-refractivity contribution >= 4 is 5.91 Å². The average molecular weight is 303 g/mol. The molecule has 2 bridgehead atoms. The molecule has 1 heterocycles. The van der Waals surface area contributed by atoms with E-state index in [0.717, 1.165) is 24.3 Å². The van der Waals surface area contributed by atoms with Crippen LogP contribution in [0.3, 0.4) is 0 Å². The van der Waals surface area contributed by atoms with Crippen molar-refractivity contribution < 1.29 is 14.3 Å². The van der Waals surface area contributed by atoms with Crippen molar-refractivity contribution in [3.63, 3.8) is 0 Å². The number of methoxy groups -OCH3 is 1. The third kappa shape index (κ3) is 2.79. The third-order valence-corrected chi connectivity index (χ3v) is 4.97. The first-order valence-electron chi connectivity index (χ1n) is 8.19. The summed E-state index contributed by atoms with van der Waals surface area (Å²) in [6.07, 6.45) is 3.53. The van der Waals surface area contributed by atoms with E-state index in [2.05, 4.69) is 4.90 Å². The summed E-state index contributed by atoms with van der Waals surface area (Å²) in [5, 5.41) is 0. The molecule has 1 aromatic carbocycles. The lowest BCUT2D eigenvalue weighted by molar-refractivity contribution is -0.139. The second kappa shape index (κ2) is 6.19. The molecule has 4 nitrogen and oxygen atoms in total. The van der Waals surface area contributed by atoms with Crippen LogP contribution in [0.25, 0.3) is 0 Å². The van der Waals surface area contributed by atoms with Gasteiger partial charge in [0.25, 0.3) is 0 Å². The normalized spacial score (nSPS) is 26.5. The quantitative estimate of drug-likeness (QED) is 0.839. The van der Waals surface area contributed by atoms with Crippen LogP contribution >= 0.6 is 0 Å². The summed E-state index contributed by atoms with van der Waals surface area (Å²) in [5.41, 5.74) is 0. The summed E-state index contributed by atoms with van der Waals surface area (Å²) < 4.78 is 11.1. The van der Waals surface area contributed by atoms with E-state index in [4.69, 9.17) is 9.47 Å². The number of carbonyl (C=O) groups is 1. The lowest BCUT2D eigenvalue weighted by Gasteiger charge is -2.36. The molecule has 0 radical (unpaired) electrons. The van der Waals surface area contributed by atoms with Gasteiger partial charge in [0, 0.05) is 12.0 Å². The van der Waals surface area contributed by atoms with E-state index in [9.17, 15) is 4.79 Å². The van der Waals surface area contributed by atoms with E-state index >= 15 is 0 Å². The molecule has 4 heteroatoms. The average Bonchev–Trinajstić information content (AvgIpc) is 3.13. The molecule has 0 N–H and O–H groups in total. The van der Waals surface area contributed by atoms with Gasteiger partial charge in [-0.3, -0.25) is 4.79 Å². The second-order valence-electron chi connectivity index (χ2n) is 6.68. The first-order chi connectivity index (χ1) is 10.6. The van der Waals surface area contributed by atoms with Crippen LogP contribution in [0.5, 0.6) is 11.5 Å². The molecule has 3 atom stereocenters. The second-order valence-corrected chi connectivity index (χ2v) is 6.68. The zero-order chi connectivity index (χ0) is 15.7. The van der Waals surface area contributed by atoms with Gasteiger partial charge in [-0.2, -0.15) is 0 Å². The Bertz CT molecular complexity index is 526. The number of fused-ring (bicyclic) bond motifs is 2. The highest BCUT2D eigenvalue weighted by molar-refractivity contribution is 5.79. The number of ether oxygens (including phenoxy) is 2. The third-order valence-electron chi connectivity index (χ3n) is 4.97. The van der Waals surface area contributed by atoms with Crippen LogP contribution in [-0.4, -0.2) is 36.6 Å². The number of amides is 1. The van der Waals surface area contributed by atoms with Crippen LogP contribution in [0.4, 0.5) is 0 Å². The highest BCUT2D eigenvalue weighted by atomic mass is 16.5. The molecule has 1 saturated heterocycles. The molecule has 120 valence electrons. The van der Waals surface area contributed by atoms with Gasteiger partial charge in [0.15, 0.2) is 0 Å². The Morgan fingerprint density at radius 2 is 1.91 bits per heavy atom. The largest absolute Gasteiger partial charge is 0.497 e. The van der Waals surface area contributed by atoms with Crippen LogP contribution in [0, 0.1) is 11.8 Å². The fourth-order valence-corrected chi connectivity index (χ4v) is 3.80. The van der Waals surface area contributed by atoms with Gasteiger partial charge >= 0.3 is 0 Å². The van der Waals surface area contributed by atoms with Gasteiger partial charge in [-0.1, -0.05) is 13.8 Å². The number of rotatable bonds is 5. The molecule has 1 amide bonds. The van der Waals surface area contributed by atoms with Gasteiger partial charge in [0.1, 0.15) is 18.1 Å². The number of hydrogen-bond acceptors (Lipinski definition) is 3. The Hall–Kier alpha value is -1.71. The van der Waals surface area contributed by atoms with Gasteiger partial charge in [0.05, 0.1) is 13.2 Å². The van der Waals surface area contributed by atoms with Crippen molar-refractivity contribution in [2.45, 2.75) is 45.2 Å².